The van der Waals surface area contributed by atoms with E-state index in [1.54, 1.807) is 24.3 Å². The molecule has 2 amide bonds. The van der Waals surface area contributed by atoms with Crippen molar-refractivity contribution in [3.05, 3.63) is 48.3 Å². The van der Waals surface area contributed by atoms with Crippen LogP contribution in [0.25, 0.3) is 0 Å². The van der Waals surface area contributed by atoms with Gasteiger partial charge in [0.25, 0.3) is 0 Å². The standard InChI is InChI=1S/C16H19FN2O2/c1-2-8-18-15(20)12-10-13(12)16(21)19-9-7-11-5-3-4-6-14(11)17/h2-6,12-13H,1,7-10H2,(H,18,20)(H,19,21). The molecule has 0 radical (unpaired) electrons. The van der Waals surface area contributed by atoms with Crippen LogP contribution >= 0.6 is 0 Å². The van der Waals surface area contributed by atoms with Crippen LogP contribution in [-0.2, 0) is 16.0 Å². The highest BCUT2D eigenvalue weighted by molar-refractivity contribution is 5.92. The van der Waals surface area contributed by atoms with Crippen molar-refractivity contribution < 1.29 is 14.0 Å². The molecule has 1 aromatic carbocycles. The van der Waals surface area contributed by atoms with Crippen molar-refractivity contribution >= 4 is 11.8 Å². The van der Waals surface area contributed by atoms with Crippen LogP contribution in [0.4, 0.5) is 4.39 Å². The van der Waals surface area contributed by atoms with Gasteiger partial charge in [-0.05, 0) is 24.5 Å². The van der Waals surface area contributed by atoms with Gasteiger partial charge in [-0.3, -0.25) is 9.59 Å². The van der Waals surface area contributed by atoms with E-state index in [0.717, 1.165) is 0 Å². The number of nitrogens with one attached hydrogen (secondary N) is 2. The van der Waals surface area contributed by atoms with E-state index < -0.39 is 0 Å². The predicted octanol–water partition coefficient (Wildman–Crippen LogP) is 1.42. The molecule has 1 fully saturated rings. The van der Waals surface area contributed by atoms with Crippen molar-refractivity contribution in [2.45, 2.75) is 12.8 Å². The second kappa shape index (κ2) is 7.02. The van der Waals surface area contributed by atoms with Gasteiger partial charge in [-0.1, -0.05) is 24.3 Å². The Morgan fingerprint density at radius 3 is 2.57 bits per heavy atom. The van der Waals surface area contributed by atoms with E-state index in [1.165, 1.54) is 6.07 Å². The first kappa shape index (κ1) is 15.2. The molecule has 2 N–H and O–H groups in total. The molecule has 1 aliphatic rings. The molecule has 0 spiro atoms. The molecule has 1 aromatic rings. The Morgan fingerprint density at radius 2 is 1.90 bits per heavy atom. The average molecular weight is 290 g/mol. The molecule has 2 unspecified atom stereocenters. The molecule has 112 valence electrons. The molecule has 21 heavy (non-hydrogen) atoms. The van der Waals surface area contributed by atoms with Crippen molar-refractivity contribution in [1.29, 1.82) is 0 Å². The second-order valence-corrected chi connectivity index (χ2v) is 5.11. The summed E-state index contributed by atoms with van der Waals surface area (Å²) >= 11 is 0. The maximum atomic E-state index is 13.4. The minimum atomic E-state index is -0.264. The second-order valence-electron chi connectivity index (χ2n) is 5.11. The predicted molar refractivity (Wildman–Crippen MR) is 77.9 cm³/mol. The highest BCUT2D eigenvalue weighted by Gasteiger charge is 2.47. The number of amides is 2. The summed E-state index contributed by atoms with van der Waals surface area (Å²) in [4.78, 5) is 23.5. The zero-order chi connectivity index (χ0) is 15.2. The van der Waals surface area contributed by atoms with Gasteiger partial charge < -0.3 is 10.6 Å². The van der Waals surface area contributed by atoms with Crippen LogP contribution in [0.3, 0.4) is 0 Å². The zero-order valence-electron chi connectivity index (χ0n) is 11.8. The number of hydrogen-bond acceptors (Lipinski definition) is 2. The number of carbonyl (C=O) groups is 2. The van der Waals surface area contributed by atoms with E-state index in [0.29, 0.717) is 31.5 Å². The van der Waals surface area contributed by atoms with E-state index in [1.807, 2.05) is 0 Å². The van der Waals surface area contributed by atoms with Crippen LogP contribution in [0.2, 0.25) is 0 Å². The molecule has 4 nitrogen and oxygen atoms in total. The van der Waals surface area contributed by atoms with Crippen molar-refractivity contribution in [2.24, 2.45) is 11.8 Å². The number of halogens is 1. The van der Waals surface area contributed by atoms with Gasteiger partial charge >= 0.3 is 0 Å². The molecule has 1 aliphatic carbocycles. The van der Waals surface area contributed by atoms with Gasteiger partial charge in [-0.25, -0.2) is 4.39 Å². The summed E-state index contributed by atoms with van der Waals surface area (Å²) in [5, 5.41) is 5.44. The SMILES string of the molecule is C=CCNC(=O)C1CC1C(=O)NCCc1ccccc1F. The minimum Gasteiger partial charge on any atom is -0.356 e. The fourth-order valence-electron chi connectivity index (χ4n) is 2.23. The van der Waals surface area contributed by atoms with Gasteiger partial charge in [0, 0.05) is 13.1 Å². The van der Waals surface area contributed by atoms with Crippen molar-refractivity contribution in [1.82, 2.24) is 10.6 Å². The van der Waals surface area contributed by atoms with E-state index in [9.17, 15) is 14.0 Å². The lowest BCUT2D eigenvalue weighted by Gasteiger charge is -2.06. The van der Waals surface area contributed by atoms with E-state index in [-0.39, 0.29) is 29.5 Å². The lowest BCUT2D eigenvalue weighted by atomic mass is 10.1. The third-order valence-corrected chi connectivity index (χ3v) is 3.54. The first-order chi connectivity index (χ1) is 10.1. The Labute approximate surface area is 123 Å². The number of carbonyl (C=O) groups excluding carboxylic acids is 2. The topological polar surface area (TPSA) is 58.2 Å². The fraction of sp³-hybridized carbons (Fsp3) is 0.375. The summed E-state index contributed by atoms with van der Waals surface area (Å²) < 4.78 is 13.4. The molecular weight excluding hydrogens is 271 g/mol. The van der Waals surface area contributed by atoms with Gasteiger partial charge in [0.1, 0.15) is 5.82 Å². The average Bonchev–Trinajstić information content (AvgIpc) is 3.27. The summed E-state index contributed by atoms with van der Waals surface area (Å²) in [6.07, 6.45) is 2.62. The van der Waals surface area contributed by atoms with Crippen LogP contribution in [-0.4, -0.2) is 24.9 Å². The molecule has 2 atom stereocenters. The molecular formula is C16H19FN2O2. The number of benzene rings is 1. The zero-order valence-corrected chi connectivity index (χ0v) is 11.8. The van der Waals surface area contributed by atoms with Gasteiger partial charge in [0.15, 0.2) is 0 Å². The molecule has 0 heterocycles. The number of rotatable bonds is 7. The van der Waals surface area contributed by atoms with Gasteiger partial charge in [0.2, 0.25) is 11.8 Å². The van der Waals surface area contributed by atoms with Crippen LogP contribution < -0.4 is 10.6 Å². The van der Waals surface area contributed by atoms with Crippen LogP contribution in [0, 0.1) is 17.7 Å². The first-order valence-corrected chi connectivity index (χ1v) is 7.03. The van der Waals surface area contributed by atoms with Crippen LogP contribution in [0.15, 0.2) is 36.9 Å². The third-order valence-electron chi connectivity index (χ3n) is 3.54. The quantitative estimate of drug-likeness (QED) is 0.746. The Hall–Kier alpha value is -2.17. The third kappa shape index (κ3) is 4.15. The molecule has 1 saturated carbocycles. The molecule has 5 heteroatoms. The first-order valence-electron chi connectivity index (χ1n) is 7.03. The van der Waals surface area contributed by atoms with Gasteiger partial charge in [0.05, 0.1) is 11.8 Å². The minimum absolute atomic E-state index is 0.107. The molecule has 0 aliphatic heterocycles. The van der Waals surface area contributed by atoms with Crippen LogP contribution in [0.5, 0.6) is 0 Å². The maximum absolute atomic E-state index is 13.4. The van der Waals surface area contributed by atoms with Crippen molar-refractivity contribution in [3.63, 3.8) is 0 Å². The summed E-state index contributed by atoms with van der Waals surface area (Å²) in [5.74, 6) is -0.997. The Bertz CT molecular complexity index is 545. The number of hydrogen-bond donors (Lipinski definition) is 2. The van der Waals surface area contributed by atoms with Crippen molar-refractivity contribution in [2.75, 3.05) is 13.1 Å². The summed E-state index contributed by atoms with van der Waals surface area (Å²) in [6.45, 7) is 4.30. The highest BCUT2D eigenvalue weighted by Crippen LogP contribution is 2.38. The lowest BCUT2D eigenvalue weighted by Crippen LogP contribution is -2.31. The monoisotopic (exact) mass is 290 g/mol. The van der Waals surface area contributed by atoms with E-state index >= 15 is 0 Å². The summed E-state index contributed by atoms with van der Waals surface area (Å²) in [6, 6.07) is 6.50. The van der Waals surface area contributed by atoms with Gasteiger partial charge in [-0.15, -0.1) is 6.58 Å². The highest BCUT2D eigenvalue weighted by atomic mass is 19.1. The van der Waals surface area contributed by atoms with Crippen LogP contribution in [0.1, 0.15) is 12.0 Å². The molecule has 0 saturated heterocycles. The lowest BCUT2D eigenvalue weighted by molar-refractivity contribution is -0.127. The Kier molecular flexibility index (Phi) is 5.09. The maximum Gasteiger partial charge on any atom is 0.224 e. The largest absolute Gasteiger partial charge is 0.356 e. The molecule has 2 rings (SSSR count). The van der Waals surface area contributed by atoms with Crippen molar-refractivity contribution in [3.8, 4) is 0 Å². The van der Waals surface area contributed by atoms with E-state index in [4.69, 9.17) is 0 Å². The summed E-state index contributed by atoms with van der Waals surface area (Å²) in [5.41, 5.74) is 0.578. The summed E-state index contributed by atoms with van der Waals surface area (Å²) in [7, 11) is 0. The molecule has 0 aromatic heterocycles. The molecule has 0 bridgehead atoms. The Morgan fingerprint density at radius 1 is 1.24 bits per heavy atom. The van der Waals surface area contributed by atoms with Gasteiger partial charge in [-0.2, -0.15) is 0 Å². The van der Waals surface area contributed by atoms with E-state index in [2.05, 4.69) is 17.2 Å². The fourth-order valence-corrected chi connectivity index (χ4v) is 2.23. The smallest absolute Gasteiger partial charge is 0.224 e. The Balaban J connectivity index is 1.71. The normalized spacial score (nSPS) is 19.7.